The third-order valence-corrected chi connectivity index (χ3v) is 6.70. The van der Waals surface area contributed by atoms with Gasteiger partial charge in [-0.25, -0.2) is 17.6 Å². The van der Waals surface area contributed by atoms with Crippen LogP contribution in [-0.4, -0.2) is 38.3 Å². The Morgan fingerprint density at radius 3 is 2.09 bits per heavy atom. The van der Waals surface area contributed by atoms with Gasteiger partial charge in [0, 0.05) is 18.7 Å². The van der Waals surface area contributed by atoms with Gasteiger partial charge in [0.25, 0.3) is 15.9 Å². The van der Waals surface area contributed by atoms with Crippen molar-refractivity contribution >= 4 is 39.0 Å². The number of benzene rings is 3. The topological polar surface area (TPSA) is 108 Å². The highest BCUT2D eigenvalue weighted by atomic mass is 32.2. The highest BCUT2D eigenvalue weighted by molar-refractivity contribution is 7.92. The molecule has 3 amide bonds. The van der Waals surface area contributed by atoms with Crippen LogP contribution in [-0.2, 0) is 10.0 Å². The van der Waals surface area contributed by atoms with Crippen LogP contribution in [0.5, 0.6) is 0 Å². The Labute approximate surface area is 196 Å². The van der Waals surface area contributed by atoms with E-state index in [4.69, 9.17) is 0 Å². The summed E-state index contributed by atoms with van der Waals surface area (Å²) in [5.74, 6) is -1.28. The lowest BCUT2D eigenvalue weighted by atomic mass is 10.2. The lowest BCUT2D eigenvalue weighted by molar-refractivity contribution is 0.102. The first-order valence-electron chi connectivity index (χ1n) is 10.7. The molecule has 0 aromatic heterocycles. The van der Waals surface area contributed by atoms with E-state index >= 15 is 0 Å². The first kappa shape index (κ1) is 23.2. The Balaban J connectivity index is 1.51. The van der Waals surface area contributed by atoms with Gasteiger partial charge >= 0.3 is 6.03 Å². The van der Waals surface area contributed by atoms with Crippen molar-refractivity contribution in [1.82, 2.24) is 4.90 Å². The van der Waals surface area contributed by atoms with Crippen molar-refractivity contribution in [1.29, 1.82) is 0 Å². The van der Waals surface area contributed by atoms with Gasteiger partial charge in [-0.15, -0.1) is 0 Å². The number of anilines is 3. The van der Waals surface area contributed by atoms with Crippen LogP contribution < -0.4 is 15.4 Å². The first-order chi connectivity index (χ1) is 16.3. The number of nitrogens with zero attached hydrogens (tertiary/aromatic N) is 1. The van der Waals surface area contributed by atoms with Crippen molar-refractivity contribution in [3.8, 4) is 0 Å². The number of halogens is 1. The zero-order valence-electron chi connectivity index (χ0n) is 18.1. The zero-order valence-corrected chi connectivity index (χ0v) is 18.9. The van der Waals surface area contributed by atoms with E-state index in [0.29, 0.717) is 24.5 Å². The van der Waals surface area contributed by atoms with Crippen molar-refractivity contribution in [3.63, 3.8) is 0 Å². The Kier molecular flexibility index (Phi) is 6.78. The van der Waals surface area contributed by atoms with Crippen molar-refractivity contribution in [3.05, 3.63) is 84.2 Å². The van der Waals surface area contributed by atoms with Gasteiger partial charge < -0.3 is 15.5 Å². The summed E-state index contributed by atoms with van der Waals surface area (Å²) in [4.78, 5) is 26.9. The normalized spacial score (nSPS) is 13.4. The van der Waals surface area contributed by atoms with E-state index in [2.05, 4.69) is 15.4 Å². The molecule has 0 atom stereocenters. The number of rotatable bonds is 6. The lowest BCUT2D eigenvalue weighted by Crippen LogP contribution is -2.32. The predicted octanol–water partition coefficient (Wildman–Crippen LogP) is 4.51. The molecule has 176 valence electrons. The van der Waals surface area contributed by atoms with Crippen LogP contribution in [0.25, 0.3) is 0 Å². The molecule has 8 nitrogen and oxygen atoms in total. The molecule has 0 spiro atoms. The SMILES string of the molecule is O=C(Nc1ccccc1NC(=O)N1CCCC1)c1cccc(S(=O)(=O)Nc2ccccc2F)c1. The number of amides is 3. The van der Waals surface area contributed by atoms with E-state index in [1.165, 1.54) is 42.5 Å². The van der Waals surface area contributed by atoms with E-state index in [-0.39, 0.29) is 22.2 Å². The van der Waals surface area contributed by atoms with Crippen molar-refractivity contribution in [2.24, 2.45) is 0 Å². The smallest absolute Gasteiger partial charge is 0.321 e. The second kappa shape index (κ2) is 9.92. The largest absolute Gasteiger partial charge is 0.325 e. The molecule has 3 aromatic rings. The number of likely N-dealkylation sites (tertiary alicyclic amines) is 1. The summed E-state index contributed by atoms with van der Waals surface area (Å²) in [7, 11) is -4.13. The molecule has 3 N–H and O–H groups in total. The minimum absolute atomic E-state index is 0.0806. The second-order valence-electron chi connectivity index (χ2n) is 7.74. The maximum absolute atomic E-state index is 13.9. The number of hydrogen-bond donors (Lipinski definition) is 3. The maximum Gasteiger partial charge on any atom is 0.321 e. The van der Waals surface area contributed by atoms with Crippen LogP contribution in [0, 0.1) is 5.82 Å². The molecule has 1 heterocycles. The fourth-order valence-corrected chi connectivity index (χ4v) is 4.67. The standard InChI is InChI=1S/C24H23FN4O4S/c25-19-10-1-2-11-20(19)28-34(32,33)18-9-7-8-17(16-18)23(30)26-21-12-3-4-13-22(21)27-24(31)29-14-5-6-15-29/h1-4,7-13,16,28H,5-6,14-15H2,(H,26,30)(H,27,31). The van der Waals surface area contributed by atoms with E-state index in [9.17, 15) is 22.4 Å². The lowest BCUT2D eigenvalue weighted by Gasteiger charge is -2.18. The summed E-state index contributed by atoms with van der Waals surface area (Å²) in [6, 6.07) is 17.3. The molecule has 0 aliphatic carbocycles. The fourth-order valence-electron chi connectivity index (χ4n) is 3.56. The Bertz CT molecular complexity index is 1320. The number of sulfonamides is 1. The summed E-state index contributed by atoms with van der Waals surface area (Å²) in [6.07, 6.45) is 1.91. The van der Waals surface area contributed by atoms with E-state index < -0.39 is 21.7 Å². The van der Waals surface area contributed by atoms with Gasteiger partial charge in [-0.1, -0.05) is 30.3 Å². The summed E-state index contributed by atoms with van der Waals surface area (Å²) in [5, 5.41) is 5.52. The highest BCUT2D eigenvalue weighted by Crippen LogP contribution is 2.24. The second-order valence-corrected chi connectivity index (χ2v) is 9.42. The number of carbonyl (C=O) groups is 2. The minimum Gasteiger partial charge on any atom is -0.325 e. The number of nitrogens with one attached hydrogen (secondary N) is 3. The highest BCUT2D eigenvalue weighted by Gasteiger charge is 2.20. The van der Waals surface area contributed by atoms with E-state index in [1.807, 2.05) is 0 Å². The average Bonchev–Trinajstić information content (AvgIpc) is 3.37. The molecule has 1 saturated heterocycles. The van der Waals surface area contributed by atoms with Gasteiger partial charge in [0.05, 0.1) is 22.0 Å². The number of hydrogen-bond acceptors (Lipinski definition) is 4. The molecular weight excluding hydrogens is 459 g/mol. The zero-order chi connectivity index (χ0) is 24.1. The molecule has 10 heteroatoms. The summed E-state index contributed by atoms with van der Waals surface area (Å²) >= 11 is 0. The third-order valence-electron chi connectivity index (χ3n) is 5.33. The van der Waals surface area contributed by atoms with Gasteiger partial charge in [-0.2, -0.15) is 0 Å². The molecule has 4 rings (SSSR count). The van der Waals surface area contributed by atoms with Crippen LogP contribution in [0.15, 0.2) is 77.7 Å². The summed E-state index contributed by atoms with van der Waals surface area (Å²) in [6.45, 7) is 1.37. The van der Waals surface area contributed by atoms with Crippen molar-refractivity contribution < 1.29 is 22.4 Å². The molecule has 34 heavy (non-hydrogen) atoms. The molecule has 0 saturated carbocycles. The monoisotopic (exact) mass is 482 g/mol. The maximum atomic E-state index is 13.9. The Hall–Kier alpha value is -3.92. The molecule has 1 fully saturated rings. The number of carbonyl (C=O) groups excluding carboxylic acids is 2. The molecular formula is C24H23FN4O4S. The van der Waals surface area contributed by atoms with Crippen LogP contribution in [0.4, 0.5) is 26.2 Å². The first-order valence-corrected chi connectivity index (χ1v) is 12.2. The third kappa shape index (κ3) is 5.34. The molecule has 0 radical (unpaired) electrons. The van der Waals surface area contributed by atoms with Crippen LogP contribution in [0.1, 0.15) is 23.2 Å². The van der Waals surface area contributed by atoms with E-state index in [0.717, 1.165) is 18.9 Å². The number of urea groups is 1. The molecule has 3 aromatic carbocycles. The van der Waals surface area contributed by atoms with Crippen molar-refractivity contribution in [2.75, 3.05) is 28.4 Å². The van der Waals surface area contributed by atoms with E-state index in [1.54, 1.807) is 29.2 Å². The van der Waals surface area contributed by atoms with Gasteiger partial charge in [-0.05, 0) is 55.3 Å². The van der Waals surface area contributed by atoms with Crippen molar-refractivity contribution in [2.45, 2.75) is 17.7 Å². The quantitative estimate of drug-likeness (QED) is 0.481. The molecule has 1 aliphatic heterocycles. The summed E-state index contributed by atoms with van der Waals surface area (Å²) in [5.41, 5.74) is 0.688. The Morgan fingerprint density at radius 2 is 1.41 bits per heavy atom. The van der Waals surface area contributed by atoms with Gasteiger partial charge in [0.15, 0.2) is 0 Å². The fraction of sp³-hybridized carbons (Fsp3) is 0.167. The van der Waals surface area contributed by atoms with Gasteiger partial charge in [-0.3, -0.25) is 9.52 Å². The predicted molar refractivity (Wildman–Crippen MR) is 128 cm³/mol. The van der Waals surface area contributed by atoms with Crippen LogP contribution >= 0.6 is 0 Å². The Morgan fingerprint density at radius 1 is 0.794 bits per heavy atom. The molecule has 0 bridgehead atoms. The average molecular weight is 483 g/mol. The number of para-hydroxylation sites is 3. The molecule has 1 aliphatic rings. The van der Waals surface area contributed by atoms with Crippen LogP contribution in [0.3, 0.4) is 0 Å². The van der Waals surface area contributed by atoms with Gasteiger partial charge in [0.1, 0.15) is 5.82 Å². The summed E-state index contributed by atoms with van der Waals surface area (Å²) < 4.78 is 41.5. The minimum atomic E-state index is -4.13. The molecule has 0 unspecified atom stereocenters. The van der Waals surface area contributed by atoms with Crippen LogP contribution in [0.2, 0.25) is 0 Å². The van der Waals surface area contributed by atoms with Gasteiger partial charge in [0.2, 0.25) is 0 Å².